The number of hydrogen-bond acceptors (Lipinski definition) is 4. The summed E-state index contributed by atoms with van der Waals surface area (Å²) in [6, 6.07) is 10.2. The number of anilines is 1. The van der Waals surface area contributed by atoms with Crippen LogP contribution in [0.3, 0.4) is 0 Å². The third-order valence-corrected chi connectivity index (χ3v) is 5.14. The third-order valence-electron chi connectivity index (χ3n) is 4.49. The Kier molecular flexibility index (Phi) is 6.77. The maximum Gasteiger partial charge on any atom is 0.263 e. The Morgan fingerprint density at radius 3 is 2.55 bits per heavy atom. The number of primary amides is 1. The van der Waals surface area contributed by atoms with Crippen LogP contribution >= 0.6 is 23.2 Å². The second kappa shape index (κ2) is 9.32. The average Bonchev–Trinajstić information content (AvgIpc) is 2.73. The molecule has 0 aliphatic carbocycles. The van der Waals surface area contributed by atoms with Crippen molar-refractivity contribution in [3.63, 3.8) is 0 Å². The van der Waals surface area contributed by atoms with Crippen molar-refractivity contribution >= 4 is 40.8 Å². The molecule has 6 nitrogen and oxygen atoms in total. The second-order valence-corrected chi connectivity index (χ2v) is 7.31. The number of ether oxygens (including phenoxy) is 1. The third kappa shape index (κ3) is 4.62. The van der Waals surface area contributed by atoms with Gasteiger partial charge in [0.25, 0.3) is 5.91 Å². The van der Waals surface area contributed by atoms with E-state index < -0.39 is 17.6 Å². The predicted molar refractivity (Wildman–Crippen MR) is 119 cm³/mol. The first-order chi connectivity index (χ1) is 14.7. The summed E-state index contributed by atoms with van der Waals surface area (Å²) in [5.41, 5.74) is 6.44. The summed E-state index contributed by atoms with van der Waals surface area (Å²) in [6.45, 7) is 2.06. The number of carbonyl (C=O) groups is 2. The number of nitrogens with zero attached hydrogens (tertiary/aromatic N) is 2. The Bertz CT molecular complexity index is 1150. The molecule has 2 amide bonds. The molecule has 0 aliphatic heterocycles. The van der Waals surface area contributed by atoms with Crippen LogP contribution in [0.5, 0.6) is 5.75 Å². The van der Waals surface area contributed by atoms with Gasteiger partial charge in [0.15, 0.2) is 11.6 Å². The van der Waals surface area contributed by atoms with Gasteiger partial charge in [0.05, 0.1) is 17.2 Å². The van der Waals surface area contributed by atoms with Crippen molar-refractivity contribution in [2.24, 2.45) is 5.73 Å². The summed E-state index contributed by atoms with van der Waals surface area (Å²) in [6.07, 6.45) is 1.47. The number of pyridine rings is 1. The Morgan fingerprint density at radius 1 is 1.16 bits per heavy atom. The number of amides is 2. The zero-order valence-electron chi connectivity index (χ0n) is 16.7. The van der Waals surface area contributed by atoms with E-state index >= 15 is 0 Å². The van der Waals surface area contributed by atoms with Gasteiger partial charge in [-0.15, -0.1) is 0 Å². The number of halogens is 3. The van der Waals surface area contributed by atoms with Crippen molar-refractivity contribution in [3.05, 3.63) is 75.7 Å². The molecule has 0 saturated carbocycles. The van der Waals surface area contributed by atoms with Crippen molar-refractivity contribution in [1.29, 1.82) is 0 Å². The molecule has 0 fully saturated rings. The van der Waals surface area contributed by atoms with Gasteiger partial charge < -0.3 is 10.5 Å². The summed E-state index contributed by atoms with van der Waals surface area (Å²) < 4.78 is 19.9. The zero-order valence-corrected chi connectivity index (χ0v) is 18.2. The van der Waals surface area contributed by atoms with E-state index in [0.29, 0.717) is 16.1 Å². The smallest absolute Gasteiger partial charge is 0.263 e. The fourth-order valence-corrected chi connectivity index (χ4v) is 3.43. The highest BCUT2D eigenvalue weighted by molar-refractivity contribution is 6.34. The van der Waals surface area contributed by atoms with E-state index in [1.165, 1.54) is 31.4 Å². The zero-order chi connectivity index (χ0) is 22.7. The SMILES string of the molecule is CCOc1cc(-c2cc(C(N)=O)ccc2Cl)cnc1N(C)C(=O)c1c(F)cccc1Cl. The van der Waals surface area contributed by atoms with Gasteiger partial charge in [-0.25, -0.2) is 9.37 Å². The van der Waals surface area contributed by atoms with E-state index in [0.717, 1.165) is 11.0 Å². The first-order valence-corrected chi connectivity index (χ1v) is 9.94. The van der Waals surface area contributed by atoms with E-state index in [4.69, 9.17) is 33.7 Å². The van der Waals surface area contributed by atoms with Gasteiger partial charge in [0, 0.05) is 35.0 Å². The molecule has 0 radical (unpaired) electrons. The highest BCUT2D eigenvalue weighted by Crippen LogP contribution is 2.35. The van der Waals surface area contributed by atoms with Gasteiger partial charge >= 0.3 is 0 Å². The number of hydrogen-bond donors (Lipinski definition) is 1. The van der Waals surface area contributed by atoms with Gasteiger partial charge in [-0.1, -0.05) is 29.3 Å². The highest BCUT2D eigenvalue weighted by Gasteiger charge is 2.24. The molecular weight excluding hydrogens is 444 g/mol. The van der Waals surface area contributed by atoms with E-state index in [-0.39, 0.29) is 34.3 Å². The molecule has 3 rings (SSSR count). The first kappa shape index (κ1) is 22.5. The maximum absolute atomic E-state index is 14.2. The molecule has 0 aliphatic rings. The second-order valence-electron chi connectivity index (χ2n) is 6.50. The van der Waals surface area contributed by atoms with Gasteiger partial charge in [0.2, 0.25) is 5.91 Å². The van der Waals surface area contributed by atoms with Crippen molar-refractivity contribution in [2.75, 3.05) is 18.6 Å². The number of carbonyl (C=O) groups excluding carboxylic acids is 2. The summed E-state index contributed by atoms with van der Waals surface area (Å²) >= 11 is 12.3. The van der Waals surface area contributed by atoms with E-state index in [1.807, 2.05) is 0 Å². The number of nitrogens with two attached hydrogens (primary N) is 1. The lowest BCUT2D eigenvalue weighted by Crippen LogP contribution is -2.29. The standard InChI is InChI=1S/C22H18Cl2FN3O3/c1-3-31-18-10-13(14-9-12(20(26)29)7-8-15(14)23)11-27-21(18)28(2)22(30)19-16(24)5-4-6-17(19)25/h4-11H,3H2,1-2H3,(H2,26,29). The van der Waals surface area contributed by atoms with Gasteiger partial charge in [0.1, 0.15) is 5.82 Å². The fraction of sp³-hybridized carbons (Fsp3) is 0.136. The summed E-state index contributed by atoms with van der Waals surface area (Å²) in [5, 5.41) is 0.367. The van der Waals surface area contributed by atoms with Crippen LogP contribution in [0, 0.1) is 5.82 Å². The van der Waals surface area contributed by atoms with Crippen molar-refractivity contribution < 1.29 is 18.7 Å². The van der Waals surface area contributed by atoms with Crippen molar-refractivity contribution in [3.8, 4) is 16.9 Å². The van der Waals surface area contributed by atoms with Gasteiger partial charge in [-0.2, -0.15) is 0 Å². The number of rotatable bonds is 6. The molecule has 2 N–H and O–H groups in total. The Labute approximate surface area is 188 Å². The molecule has 3 aromatic rings. The van der Waals surface area contributed by atoms with Crippen LogP contribution in [0.2, 0.25) is 10.0 Å². The lowest BCUT2D eigenvalue weighted by atomic mass is 10.0. The molecule has 160 valence electrons. The summed E-state index contributed by atoms with van der Waals surface area (Å²) in [5.74, 6) is -1.59. The largest absolute Gasteiger partial charge is 0.490 e. The first-order valence-electron chi connectivity index (χ1n) is 9.19. The van der Waals surface area contributed by atoms with Crippen LogP contribution in [0.1, 0.15) is 27.6 Å². The Balaban J connectivity index is 2.06. The molecule has 9 heteroatoms. The van der Waals surface area contributed by atoms with E-state index in [2.05, 4.69) is 4.98 Å². The van der Waals surface area contributed by atoms with Crippen LogP contribution in [0.15, 0.2) is 48.7 Å². The molecular formula is C22H18Cl2FN3O3. The van der Waals surface area contributed by atoms with Crippen LogP contribution in [-0.4, -0.2) is 30.5 Å². The molecule has 2 aromatic carbocycles. The molecule has 0 saturated heterocycles. The molecule has 0 bridgehead atoms. The maximum atomic E-state index is 14.2. The van der Waals surface area contributed by atoms with E-state index in [1.54, 1.807) is 25.1 Å². The van der Waals surface area contributed by atoms with Crippen molar-refractivity contribution in [1.82, 2.24) is 4.98 Å². The van der Waals surface area contributed by atoms with Crippen molar-refractivity contribution in [2.45, 2.75) is 6.92 Å². The molecule has 1 aromatic heterocycles. The fourth-order valence-electron chi connectivity index (χ4n) is 2.96. The summed E-state index contributed by atoms with van der Waals surface area (Å²) in [7, 11) is 1.44. The highest BCUT2D eigenvalue weighted by atomic mass is 35.5. The Morgan fingerprint density at radius 2 is 1.90 bits per heavy atom. The van der Waals surface area contributed by atoms with E-state index in [9.17, 15) is 14.0 Å². The monoisotopic (exact) mass is 461 g/mol. The molecule has 0 spiro atoms. The molecule has 1 heterocycles. The topological polar surface area (TPSA) is 85.5 Å². The number of benzene rings is 2. The minimum absolute atomic E-state index is 0.0125. The minimum Gasteiger partial charge on any atom is -0.490 e. The van der Waals surface area contributed by atoms with Crippen LogP contribution in [-0.2, 0) is 0 Å². The van der Waals surface area contributed by atoms with Crippen LogP contribution < -0.4 is 15.4 Å². The lowest BCUT2D eigenvalue weighted by Gasteiger charge is -2.21. The minimum atomic E-state index is -0.742. The summed E-state index contributed by atoms with van der Waals surface area (Å²) in [4.78, 5) is 29.9. The van der Waals surface area contributed by atoms with Gasteiger partial charge in [-0.3, -0.25) is 14.5 Å². The lowest BCUT2D eigenvalue weighted by molar-refractivity contribution is 0.0983. The predicted octanol–water partition coefficient (Wildman–Crippen LogP) is 4.97. The average molecular weight is 462 g/mol. The Hall–Kier alpha value is -3.16. The van der Waals surface area contributed by atoms with Gasteiger partial charge in [-0.05, 0) is 43.3 Å². The quantitative estimate of drug-likeness (QED) is 0.561. The molecule has 0 atom stereocenters. The van der Waals surface area contributed by atoms with Crippen LogP contribution in [0.25, 0.3) is 11.1 Å². The molecule has 0 unspecified atom stereocenters. The normalized spacial score (nSPS) is 10.6. The number of aromatic nitrogens is 1. The molecule has 31 heavy (non-hydrogen) atoms. The van der Waals surface area contributed by atoms with Crippen LogP contribution in [0.4, 0.5) is 10.2 Å².